The molecule has 0 bridgehead atoms. The van der Waals surface area contributed by atoms with Crippen LogP contribution in [0.5, 0.6) is 0 Å². The number of rotatable bonds is 4. The first-order valence-corrected chi connectivity index (χ1v) is 8.49. The Balaban J connectivity index is 2.11. The summed E-state index contributed by atoms with van der Waals surface area (Å²) in [6.45, 7) is 4.00. The van der Waals surface area contributed by atoms with Gasteiger partial charge in [-0.1, -0.05) is 0 Å². The number of carbonyl (C=O) groups is 1. The number of thiophene rings is 1. The Bertz CT molecular complexity index is 923. The summed E-state index contributed by atoms with van der Waals surface area (Å²) in [7, 11) is 0. The predicted molar refractivity (Wildman–Crippen MR) is 88.0 cm³/mol. The highest BCUT2D eigenvalue weighted by atomic mass is 32.1. The smallest absolute Gasteiger partial charge is 0.267 e. The molecule has 0 saturated carbocycles. The van der Waals surface area contributed by atoms with Gasteiger partial charge in [0.05, 0.1) is 18.4 Å². The molecule has 0 spiro atoms. The number of carbonyl (C=O) groups excluding carboxylic acids is 1. The fourth-order valence-electron chi connectivity index (χ4n) is 2.32. The number of fused-ring (bicyclic) bond motifs is 2. The molecule has 0 aliphatic rings. The molecule has 22 heavy (non-hydrogen) atoms. The van der Waals surface area contributed by atoms with E-state index in [-0.39, 0.29) is 31.0 Å². The van der Waals surface area contributed by atoms with Crippen molar-refractivity contribution in [2.75, 3.05) is 13.2 Å². The molecule has 0 fully saturated rings. The van der Waals surface area contributed by atoms with Crippen LogP contribution < -0.4 is 10.9 Å². The Morgan fingerprint density at radius 3 is 2.95 bits per heavy atom. The highest BCUT2D eigenvalue weighted by Gasteiger charge is 2.17. The molecule has 6 nitrogen and oxygen atoms in total. The van der Waals surface area contributed by atoms with Gasteiger partial charge in [-0.15, -0.1) is 22.7 Å². The van der Waals surface area contributed by atoms with Crippen molar-refractivity contribution in [3.63, 3.8) is 0 Å². The van der Waals surface area contributed by atoms with Gasteiger partial charge in [-0.05, 0) is 19.4 Å². The lowest BCUT2D eigenvalue weighted by atomic mass is 10.2. The molecule has 0 aliphatic carbocycles. The molecule has 0 aliphatic heterocycles. The zero-order chi connectivity index (χ0) is 15.9. The molecule has 2 N–H and O–H groups in total. The molecule has 0 saturated heterocycles. The molecule has 3 rings (SSSR count). The lowest BCUT2D eigenvalue weighted by Crippen LogP contribution is -2.29. The van der Waals surface area contributed by atoms with E-state index in [1.807, 2.05) is 13.8 Å². The minimum absolute atomic E-state index is 0.0925. The Kier molecular flexibility index (Phi) is 3.98. The van der Waals surface area contributed by atoms with Crippen LogP contribution >= 0.6 is 22.7 Å². The molecule has 0 radical (unpaired) electrons. The Morgan fingerprint density at radius 1 is 1.45 bits per heavy atom. The van der Waals surface area contributed by atoms with Crippen molar-refractivity contribution >= 4 is 43.8 Å². The maximum atomic E-state index is 12.8. The van der Waals surface area contributed by atoms with Gasteiger partial charge < -0.3 is 10.4 Å². The third-order valence-corrected chi connectivity index (χ3v) is 5.51. The molecule has 8 heteroatoms. The fraction of sp³-hybridized carbons (Fsp3) is 0.357. The largest absolute Gasteiger partial charge is 0.395 e. The molecule has 0 atom stereocenters. The van der Waals surface area contributed by atoms with E-state index in [1.54, 1.807) is 5.38 Å². The summed E-state index contributed by atoms with van der Waals surface area (Å²) in [5.41, 5.74) is 1.46. The molecule has 3 aromatic rings. The number of thiazole rings is 1. The van der Waals surface area contributed by atoms with Crippen LogP contribution in [0.2, 0.25) is 0 Å². The first-order chi connectivity index (χ1) is 10.5. The van der Waals surface area contributed by atoms with Crippen LogP contribution in [0.4, 0.5) is 0 Å². The van der Waals surface area contributed by atoms with Gasteiger partial charge in [0.25, 0.3) is 5.56 Å². The second-order valence-corrected chi connectivity index (χ2v) is 7.02. The van der Waals surface area contributed by atoms with Crippen LogP contribution in [0.3, 0.4) is 0 Å². The van der Waals surface area contributed by atoms with Crippen molar-refractivity contribution in [3.05, 3.63) is 31.9 Å². The first-order valence-electron chi connectivity index (χ1n) is 6.79. The van der Waals surface area contributed by atoms with Gasteiger partial charge in [0.2, 0.25) is 5.91 Å². The predicted octanol–water partition coefficient (Wildman–Crippen LogP) is 1.24. The number of nitrogens with one attached hydrogen (secondary N) is 1. The van der Waals surface area contributed by atoms with E-state index in [9.17, 15) is 9.59 Å². The minimum Gasteiger partial charge on any atom is -0.395 e. The monoisotopic (exact) mass is 337 g/mol. The van der Waals surface area contributed by atoms with Gasteiger partial charge in [-0.3, -0.25) is 14.0 Å². The van der Waals surface area contributed by atoms with E-state index in [0.717, 1.165) is 15.3 Å². The minimum atomic E-state index is -0.223. The van der Waals surface area contributed by atoms with Gasteiger partial charge >= 0.3 is 0 Å². The summed E-state index contributed by atoms with van der Waals surface area (Å²) in [6.07, 6.45) is 0.0925. The zero-order valence-electron chi connectivity index (χ0n) is 12.2. The Morgan fingerprint density at radius 2 is 2.23 bits per heavy atom. The van der Waals surface area contributed by atoms with Crippen molar-refractivity contribution in [1.82, 2.24) is 14.7 Å². The third kappa shape index (κ3) is 2.43. The SMILES string of the molecule is Cc1sc2nc3scc(CC(=O)NCCO)n3c(=O)c2c1C. The van der Waals surface area contributed by atoms with Gasteiger partial charge in [-0.2, -0.15) is 0 Å². The summed E-state index contributed by atoms with van der Waals surface area (Å²) < 4.78 is 1.52. The first kappa shape index (κ1) is 15.1. The number of aryl methyl sites for hydroxylation is 2. The van der Waals surface area contributed by atoms with E-state index < -0.39 is 0 Å². The molecule has 3 heterocycles. The van der Waals surface area contributed by atoms with Gasteiger partial charge in [0.15, 0.2) is 4.96 Å². The summed E-state index contributed by atoms with van der Waals surface area (Å²) in [4.78, 5) is 31.5. The fourth-order valence-corrected chi connectivity index (χ4v) is 4.28. The van der Waals surface area contributed by atoms with Crippen molar-refractivity contribution < 1.29 is 9.90 Å². The molecule has 3 aromatic heterocycles. The number of aromatic nitrogens is 2. The maximum Gasteiger partial charge on any atom is 0.267 e. The lowest BCUT2D eigenvalue weighted by molar-refractivity contribution is -0.120. The van der Waals surface area contributed by atoms with E-state index in [2.05, 4.69) is 10.3 Å². The number of nitrogens with zero attached hydrogens (tertiary/aromatic N) is 2. The summed E-state index contributed by atoms with van der Waals surface area (Å²) in [6, 6.07) is 0. The third-order valence-electron chi connectivity index (χ3n) is 3.54. The molecule has 116 valence electrons. The summed E-state index contributed by atoms with van der Waals surface area (Å²) in [5.74, 6) is -0.223. The summed E-state index contributed by atoms with van der Waals surface area (Å²) in [5, 5.41) is 13.7. The van der Waals surface area contributed by atoms with Crippen LogP contribution in [0.1, 0.15) is 16.1 Å². The average molecular weight is 337 g/mol. The quantitative estimate of drug-likeness (QED) is 0.750. The van der Waals surface area contributed by atoms with Crippen molar-refractivity contribution in [1.29, 1.82) is 0 Å². The van der Waals surface area contributed by atoms with Crippen molar-refractivity contribution in [3.8, 4) is 0 Å². The van der Waals surface area contributed by atoms with Crippen LogP contribution in [0.25, 0.3) is 15.2 Å². The van der Waals surface area contributed by atoms with Gasteiger partial charge in [0, 0.05) is 22.5 Å². The normalized spacial score (nSPS) is 11.4. The van der Waals surface area contributed by atoms with E-state index in [1.165, 1.54) is 27.1 Å². The Labute approximate surface area is 134 Å². The lowest BCUT2D eigenvalue weighted by Gasteiger charge is -2.03. The number of aliphatic hydroxyl groups excluding tert-OH is 1. The van der Waals surface area contributed by atoms with Crippen LogP contribution in [0.15, 0.2) is 10.2 Å². The highest BCUT2D eigenvalue weighted by molar-refractivity contribution is 7.19. The van der Waals surface area contributed by atoms with Gasteiger partial charge in [-0.25, -0.2) is 4.98 Å². The van der Waals surface area contributed by atoms with Gasteiger partial charge in [0.1, 0.15) is 4.83 Å². The second kappa shape index (κ2) is 5.79. The molecule has 0 aromatic carbocycles. The Hall–Kier alpha value is -1.77. The van der Waals surface area contributed by atoms with E-state index in [4.69, 9.17) is 5.11 Å². The number of aliphatic hydroxyl groups is 1. The van der Waals surface area contributed by atoms with Crippen molar-refractivity contribution in [2.45, 2.75) is 20.3 Å². The highest BCUT2D eigenvalue weighted by Crippen LogP contribution is 2.27. The molecular formula is C14H15N3O3S2. The van der Waals surface area contributed by atoms with E-state index in [0.29, 0.717) is 16.0 Å². The maximum absolute atomic E-state index is 12.8. The number of hydrogen-bond acceptors (Lipinski definition) is 6. The van der Waals surface area contributed by atoms with Crippen LogP contribution in [-0.4, -0.2) is 33.6 Å². The second-order valence-electron chi connectivity index (χ2n) is 4.98. The van der Waals surface area contributed by atoms with E-state index >= 15 is 0 Å². The van der Waals surface area contributed by atoms with Crippen LogP contribution in [0, 0.1) is 13.8 Å². The zero-order valence-corrected chi connectivity index (χ0v) is 13.8. The summed E-state index contributed by atoms with van der Waals surface area (Å²) >= 11 is 2.87. The number of hydrogen-bond donors (Lipinski definition) is 2. The van der Waals surface area contributed by atoms with Crippen LogP contribution in [-0.2, 0) is 11.2 Å². The standard InChI is InChI=1S/C14H15N3O3S2/c1-7-8(2)22-12-11(7)13(20)17-9(6-21-14(17)16-12)5-10(19)15-3-4-18/h6,18H,3-5H2,1-2H3,(H,15,19). The molecule has 0 unspecified atom stereocenters. The van der Waals surface area contributed by atoms with Crippen molar-refractivity contribution in [2.24, 2.45) is 0 Å². The molecular weight excluding hydrogens is 322 g/mol. The number of amides is 1. The molecule has 1 amide bonds. The topological polar surface area (TPSA) is 83.7 Å². The average Bonchev–Trinajstić information content (AvgIpc) is 2.99.